The minimum atomic E-state index is -0.183. The number of hydrogen-bond donors (Lipinski definition) is 3. The van der Waals surface area contributed by atoms with Crippen molar-refractivity contribution >= 4 is 11.7 Å². The highest BCUT2D eigenvalue weighted by Crippen LogP contribution is 2.07. The first kappa shape index (κ1) is 13.5. The first-order chi connectivity index (χ1) is 8.11. The van der Waals surface area contributed by atoms with Crippen LogP contribution >= 0.6 is 0 Å². The van der Waals surface area contributed by atoms with Crippen molar-refractivity contribution in [2.45, 2.75) is 32.7 Å². The molecule has 0 aliphatic carbocycles. The van der Waals surface area contributed by atoms with Gasteiger partial charge in [0.2, 0.25) is 0 Å². The summed E-state index contributed by atoms with van der Waals surface area (Å²) in [6, 6.07) is 7.66. The Balaban J connectivity index is 2.27. The lowest BCUT2D eigenvalue weighted by molar-refractivity contribution is 0.251. The molecule has 0 spiro atoms. The molecule has 1 aromatic rings. The molecule has 4 N–H and O–H groups in total. The summed E-state index contributed by atoms with van der Waals surface area (Å²) in [6.07, 6.45) is 1.74. The van der Waals surface area contributed by atoms with E-state index >= 15 is 0 Å². The summed E-state index contributed by atoms with van der Waals surface area (Å²) >= 11 is 0. The van der Waals surface area contributed by atoms with E-state index in [-0.39, 0.29) is 12.1 Å². The second kappa shape index (κ2) is 6.91. The van der Waals surface area contributed by atoms with Crippen molar-refractivity contribution in [3.05, 3.63) is 29.8 Å². The second-order valence-corrected chi connectivity index (χ2v) is 4.20. The summed E-state index contributed by atoms with van der Waals surface area (Å²) in [5.41, 5.74) is 7.73. The lowest BCUT2D eigenvalue weighted by atomic mass is 10.2. The molecule has 0 aromatic heterocycles. The molecule has 0 radical (unpaired) electrons. The van der Waals surface area contributed by atoms with Crippen LogP contribution in [-0.4, -0.2) is 18.6 Å². The van der Waals surface area contributed by atoms with Crippen LogP contribution in [0.3, 0.4) is 0 Å². The summed E-state index contributed by atoms with van der Waals surface area (Å²) in [6.45, 7) is 4.65. The van der Waals surface area contributed by atoms with E-state index in [1.54, 1.807) is 0 Å². The molecule has 0 bridgehead atoms. The Bertz CT molecular complexity index is 348. The van der Waals surface area contributed by atoms with Crippen LogP contribution in [0.25, 0.3) is 0 Å². The van der Waals surface area contributed by atoms with Crippen LogP contribution in [0.5, 0.6) is 0 Å². The summed E-state index contributed by atoms with van der Waals surface area (Å²) in [5.74, 6) is 0. The number of urea groups is 1. The van der Waals surface area contributed by atoms with E-state index in [0.717, 1.165) is 18.5 Å². The third kappa shape index (κ3) is 5.36. The highest BCUT2D eigenvalue weighted by molar-refractivity contribution is 5.89. The van der Waals surface area contributed by atoms with Gasteiger partial charge < -0.3 is 16.4 Å². The van der Waals surface area contributed by atoms with Gasteiger partial charge in [0, 0.05) is 18.3 Å². The number of benzene rings is 1. The molecule has 1 rings (SSSR count). The van der Waals surface area contributed by atoms with Gasteiger partial charge in [-0.3, -0.25) is 0 Å². The van der Waals surface area contributed by atoms with E-state index in [1.165, 1.54) is 5.56 Å². The van der Waals surface area contributed by atoms with Gasteiger partial charge in [-0.15, -0.1) is 0 Å². The van der Waals surface area contributed by atoms with Gasteiger partial charge in [-0.25, -0.2) is 4.79 Å². The van der Waals surface area contributed by atoms with Crippen LogP contribution in [0.4, 0.5) is 10.5 Å². The molecule has 17 heavy (non-hydrogen) atoms. The molecule has 1 atom stereocenters. The van der Waals surface area contributed by atoms with E-state index in [0.29, 0.717) is 6.54 Å². The summed E-state index contributed by atoms with van der Waals surface area (Å²) in [7, 11) is 0. The number of nitrogens with two attached hydrogens (primary N) is 1. The van der Waals surface area contributed by atoms with E-state index in [2.05, 4.69) is 10.6 Å². The Kier molecular flexibility index (Phi) is 5.49. The van der Waals surface area contributed by atoms with Crippen molar-refractivity contribution in [2.75, 3.05) is 11.9 Å². The molecule has 1 unspecified atom stereocenters. The van der Waals surface area contributed by atoms with E-state index in [4.69, 9.17) is 5.73 Å². The van der Waals surface area contributed by atoms with Gasteiger partial charge >= 0.3 is 6.03 Å². The fourth-order valence-corrected chi connectivity index (χ4v) is 1.39. The number of rotatable bonds is 5. The Morgan fingerprint density at radius 1 is 1.35 bits per heavy atom. The third-order valence-electron chi connectivity index (χ3n) is 2.63. The fourth-order valence-electron chi connectivity index (χ4n) is 1.39. The van der Waals surface area contributed by atoms with Gasteiger partial charge in [-0.2, -0.15) is 0 Å². The van der Waals surface area contributed by atoms with Gasteiger partial charge in [0.1, 0.15) is 0 Å². The first-order valence-corrected chi connectivity index (χ1v) is 5.99. The van der Waals surface area contributed by atoms with Crippen LogP contribution in [0.1, 0.15) is 25.3 Å². The Morgan fingerprint density at radius 3 is 2.59 bits per heavy atom. The Labute approximate surface area is 103 Å². The number of anilines is 1. The SMILES string of the molecule is CCC(N)CCNC(=O)Nc1ccc(C)cc1. The quantitative estimate of drug-likeness (QED) is 0.732. The molecular weight excluding hydrogens is 214 g/mol. The number of carbonyl (C=O) groups is 1. The molecule has 4 heteroatoms. The summed E-state index contributed by atoms with van der Waals surface area (Å²) in [4.78, 5) is 11.5. The highest BCUT2D eigenvalue weighted by Gasteiger charge is 2.02. The van der Waals surface area contributed by atoms with Gasteiger partial charge in [-0.1, -0.05) is 24.6 Å². The Morgan fingerprint density at radius 2 is 2.00 bits per heavy atom. The largest absolute Gasteiger partial charge is 0.338 e. The minimum absolute atomic E-state index is 0.162. The molecule has 94 valence electrons. The number of amides is 2. The Hall–Kier alpha value is -1.55. The minimum Gasteiger partial charge on any atom is -0.338 e. The maximum atomic E-state index is 11.5. The predicted molar refractivity (Wildman–Crippen MR) is 71.1 cm³/mol. The lowest BCUT2D eigenvalue weighted by Gasteiger charge is -2.10. The van der Waals surface area contributed by atoms with Crippen LogP contribution in [0, 0.1) is 6.92 Å². The van der Waals surface area contributed by atoms with Crippen molar-refractivity contribution in [3.8, 4) is 0 Å². The highest BCUT2D eigenvalue weighted by atomic mass is 16.2. The van der Waals surface area contributed by atoms with Gasteiger partial charge in [0.15, 0.2) is 0 Å². The fraction of sp³-hybridized carbons (Fsp3) is 0.462. The number of hydrogen-bond acceptors (Lipinski definition) is 2. The molecule has 0 aliphatic rings. The van der Waals surface area contributed by atoms with Crippen LogP contribution in [0.15, 0.2) is 24.3 Å². The normalized spacial score (nSPS) is 11.9. The van der Waals surface area contributed by atoms with E-state index in [9.17, 15) is 4.79 Å². The zero-order valence-corrected chi connectivity index (χ0v) is 10.5. The van der Waals surface area contributed by atoms with Crippen LogP contribution in [0.2, 0.25) is 0 Å². The smallest absolute Gasteiger partial charge is 0.319 e. The number of aryl methyl sites for hydroxylation is 1. The van der Waals surface area contributed by atoms with Gasteiger partial charge in [0.05, 0.1) is 0 Å². The molecule has 0 heterocycles. The van der Waals surface area contributed by atoms with Crippen molar-refractivity contribution < 1.29 is 4.79 Å². The molecule has 0 saturated heterocycles. The van der Waals surface area contributed by atoms with E-state index in [1.807, 2.05) is 38.1 Å². The van der Waals surface area contributed by atoms with Crippen molar-refractivity contribution in [2.24, 2.45) is 5.73 Å². The van der Waals surface area contributed by atoms with Crippen molar-refractivity contribution in [1.82, 2.24) is 5.32 Å². The van der Waals surface area contributed by atoms with Gasteiger partial charge in [-0.05, 0) is 31.9 Å². The molecule has 0 aliphatic heterocycles. The second-order valence-electron chi connectivity index (χ2n) is 4.20. The average molecular weight is 235 g/mol. The van der Waals surface area contributed by atoms with Crippen LogP contribution in [-0.2, 0) is 0 Å². The monoisotopic (exact) mass is 235 g/mol. The number of carbonyl (C=O) groups excluding carboxylic acids is 1. The zero-order valence-electron chi connectivity index (χ0n) is 10.5. The predicted octanol–water partition coefficient (Wildman–Crippen LogP) is 2.24. The topological polar surface area (TPSA) is 67.1 Å². The van der Waals surface area contributed by atoms with Crippen molar-refractivity contribution in [3.63, 3.8) is 0 Å². The summed E-state index contributed by atoms with van der Waals surface area (Å²) < 4.78 is 0. The summed E-state index contributed by atoms with van der Waals surface area (Å²) in [5, 5.41) is 5.55. The van der Waals surface area contributed by atoms with Crippen molar-refractivity contribution in [1.29, 1.82) is 0 Å². The van der Waals surface area contributed by atoms with E-state index < -0.39 is 0 Å². The molecule has 0 saturated carbocycles. The zero-order chi connectivity index (χ0) is 12.7. The van der Waals surface area contributed by atoms with Gasteiger partial charge in [0.25, 0.3) is 0 Å². The maximum absolute atomic E-state index is 11.5. The molecule has 0 fully saturated rings. The number of nitrogens with one attached hydrogen (secondary N) is 2. The maximum Gasteiger partial charge on any atom is 0.319 e. The molecule has 1 aromatic carbocycles. The molecule has 2 amide bonds. The molecule has 4 nitrogen and oxygen atoms in total. The third-order valence-corrected chi connectivity index (χ3v) is 2.63. The first-order valence-electron chi connectivity index (χ1n) is 5.99. The molecular formula is C13H21N3O. The standard InChI is InChI=1S/C13H21N3O/c1-3-11(14)8-9-15-13(17)16-12-6-4-10(2)5-7-12/h4-7,11H,3,8-9,14H2,1-2H3,(H2,15,16,17). The van der Waals surface area contributed by atoms with Crippen LogP contribution < -0.4 is 16.4 Å². The lowest BCUT2D eigenvalue weighted by Crippen LogP contribution is -2.33. The average Bonchev–Trinajstić information content (AvgIpc) is 2.32.